The number of alkyl halides is 4. The standard InChI is InChI=1S/C17H20F4N2O2/c18-15(19)17(20,21)11-25-9-14(24)23-7-5-16(6-8-23)10-22-13-4-2-1-3-12(13)16/h1-4,15,22H,5-11H2. The summed E-state index contributed by atoms with van der Waals surface area (Å²) in [7, 11) is 0. The molecule has 1 amide bonds. The molecule has 0 bridgehead atoms. The predicted molar refractivity (Wildman–Crippen MR) is 84.2 cm³/mol. The zero-order valence-corrected chi connectivity index (χ0v) is 13.6. The zero-order chi connectivity index (χ0) is 18.1. The Kier molecular flexibility index (Phi) is 4.90. The lowest BCUT2D eigenvalue weighted by atomic mass is 9.74. The Morgan fingerprint density at radius 2 is 1.96 bits per heavy atom. The highest BCUT2D eigenvalue weighted by Crippen LogP contribution is 2.43. The summed E-state index contributed by atoms with van der Waals surface area (Å²) >= 11 is 0. The molecule has 2 aliphatic heterocycles. The molecule has 4 nitrogen and oxygen atoms in total. The molecule has 8 heteroatoms. The smallest absolute Gasteiger partial charge is 0.330 e. The quantitative estimate of drug-likeness (QED) is 0.821. The fourth-order valence-corrected chi connectivity index (χ4v) is 3.52. The molecule has 0 aromatic heterocycles. The SMILES string of the molecule is O=C(COCC(F)(F)C(F)F)N1CCC2(CC1)CNc1ccccc12. The largest absolute Gasteiger partial charge is 0.384 e. The Morgan fingerprint density at radius 3 is 2.64 bits per heavy atom. The highest BCUT2D eigenvalue weighted by Gasteiger charge is 2.43. The molecule has 25 heavy (non-hydrogen) atoms. The number of hydrogen-bond acceptors (Lipinski definition) is 3. The van der Waals surface area contributed by atoms with Crippen molar-refractivity contribution in [3.63, 3.8) is 0 Å². The summed E-state index contributed by atoms with van der Waals surface area (Å²) in [5.74, 6) is -4.68. The summed E-state index contributed by atoms with van der Waals surface area (Å²) < 4.78 is 54.2. The van der Waals surface area contributed by atoms with Crippen LogP contribution in [0.25, 0.3) is 0 Å². The zero-order valence-electron chi connectivity index (χ0n) is 13.6. The molecule has 1 spiro atoms. The van der Waals surface area contributed by atoms with Gasteiger partial charge >= 0.3 is 12.3 Å². The lowest BCUT2D eigenvalue weighted by Crippen LogP contribution is -2.47. The van der Waals surface area contributed by atoms with E-state index in [1.165, 1.54) is 5.56 Å². The minimum Gasteiger partial charge on any atom is -0.384 e. The van der Waals surface area contributed by atoms with Gasteiger partial charge in [-0.25, -0.2) is 8.78 Å². The number of likely N-dealkylation sites (tertiary alicyclic amines) is 1. The molecule has 1 N–H and O–H groups in total. The number of amides is 1. The number of hydrogen-bond donors (Lipinski definition) is 1. The maximum absolute atomic E-state index is 12.8. The first-order chi connectivity index (χ1) is 11.8. The van der Waals surface area contributed by atoms with Gasteiger partial charge in [-0.15, -0.1) is 0 Å². The first kappa shape index (κ1) is 18.0. The number of rotatable bonds is 5. The van der Waals surface area contributed by atoms with Crippen molar-refractivity contribution in [2.75, 3.05) is 38.2 Å². The molecule has 1 saturated heterocycles. The number of piperidine rings is 1. The first-order valence-electron chi connectivity index (χ1n) is 8.19. The van der Waals surface area contributed by atoms with E-state index in [0.717, 1.165) is 25.1 Å². The van der Waals surface area contributed by atoms with Gasteiger partial charge < -0.3 is 15.0 Å². The van der Waals surface area contributed by atoms with Crippen molar-refractivity contribution >= 4 is 11.6 Å². The summed E-state index contributed by atoms with van der Waals surface area (Å²) in [6.07, 6.45) is -2.28. The number of carbonyl (C=O) groups is 1. The molecule has 0 saturated carbocycles. The lowest BCUT2D eigenvalue weighted by molar-refractivity contribution is -0.171. The van der Waals surface area contributed by atoms with Gasteiger partial charge in [0.05, 0.1) is 0 Å². The summed E-state index contributed by atoms with van der Waals surface area (Å²) in [4.78, 5) is 13.6. The number of nitrogens with one attached hydrogen (secondary N) is 1. The monoisotopic (exact) mass is 360 g/mol. The van der Waals surface area contributed by atoms with Crippen LogP contribution in [0.15, 0.2) is 24.3 Å². The molecular formula is C17H20F4N2O2. The van der Waals surface area contributed by atoms with Crippen molar-refractivity contribution in [3.8, 4) is 0 Å². The lowest BCUT2D eigenvalue weighted by Gasteiger charge is -2.39. The third kappa shape index (κ3) is 3.58. The van der Waals surface area contributed by atoms with E-state index >= 15 is 0 Å². The van der Waals surface area contributed by atoms with Gasteiger partial charge in [0.1, 0.15) is 13.2 Å². The molecule has 0 atom stereocenters. The average molecular weight is 360 g/mol. The van der Waals surface area contributed by atoms with Crippen LogP contribution in [-0.2, 0) is 14.9 Å². The van der Waals surface area contributed by atoms with Gasteiger partial charge in [-0.2, -0.15) is 8.78 Å². The second-order valence-corrected chi connectivity index (χ2v) is 6.61. The second-order valence-electron chi connectivity index (χ2n) is 6.61. The number of anilines is 1. The maximum Gasteiger partial charge on any atom is 0.330 e. The third-order valence-electron chi connectivity index (χ3n) is 5.03. The van der Waals surface area contributed by atoms with Crippen molar-refractivity contribution in [1.82, 2.24) is 4.90 Å². The van der Waals surface area contributed by atoms with E-state index in [1.54, 1.807) is 4.90 Å². The molecule has 1 fully saturated rings. The summed E-state index contributed by atoms with van der Waals surface area (Å²) in [6, 6.07) is 8.07. The van der Waals surface area contributed by atoms with Crippen LogP contribution < -0.4 is 5.32 Å². The molecule has 2 aliphatic rings. The molecule has 0 unspecified atom stereocenters. The van der Waals surface area contributed by atoms with E-state index < -0.39 is 31.5 Å². The van der Waals surface area contributed by atoms with E-state index in [9.17, 15) is 22.4 Å². The number of carbonyl (C=O) groups excluding carboxylic acids is 1. The topological polar surface area (TPSA) is 41.6 Å². The van der Waals surface area contributed by atoms with Gasteiger partial charge in [0.15, 0.2) is 0 Å². The second kappa shape index (κ2) is 6.82. The van der Waals surface area contributed by atoms with E-state index in [-0.39, 0.29) is 5.41 Å². The fourth-order valence-electron chi connectivity index (χ4n) is 3.52. The number of ether oxygens (including phenoxy) is 1. The number of para-hydroxylation sites is 1. The van der Waals surface area contributed by atoms with Crippen LogP contribution in [0.3, 0.4) is 0 Å². The van der Waals surface area contributed by atoms with Crippen LogP contribution in [0.1, 0.15) is 18.4 Å². The van der Waals surface area contributed by atoms with Crippen molar-refractivity contribution in [2.24, 2.45) is 0 Å². The van der Waals surface area contributed by atoms with Gasteiger partial charge in [-0.1, -0.05) is 18.2 Å². The highest BCUT2D eigenvalue weighted by atomic mass is 19.3. The van der Waals surface area contributed by atoms with Crippen LogP contribution in [0, 0.1) is 0 Å². The Balaban J connectivity index is 1.51. The maximum atomic E-state index is 12.8. The van der Waals surface area contributed by atoms with Gasteiger partial charge in [0.2, 0.25) is 5.91 Å². The van der Waals surface area contributed by atoms with E-state index in [2.05, 4.69) is 16.1 Å². The average Bonchev–Trinajstić information content (AvgIpc) is 2.94. The van der Waals surface area contributed by atoms with Crippen molar-refractivity contribution in [2.45, 2.75) is 30.6 Å². The van der Waals surface area contributed by atoms with Gasteiger partial charge in [-0.3, -0.25) is 4.79 Å². The number of halogens is 4. The van der Waals surface area contributed by atoms with Crippen molar-refractivity contribution in [1.29, 1.82) is 0 Å². The predicted octanol–water partition coefficient (Wildman–Crippen LogP) is 2.89. The molecule has 138 valence electrons. The molecule has 0 radical (unpaired) electrons. The third-order valence-corrected chi connectivity index (χ3v) is 5.03. The van der Waals surface area contributed by atoms with E-state index in [1.807, 2.05) is 18.2 Å². The van der Waals surface area contributed by atoms with Crippen molar-refractivity contribution in [3.05, 3.63) is 29.8 Å². The fraction of sp³-hybridized carbons (Fsp3) is 0.588. The van der Waals surface area contributed by atoms with Crippen LogP contribution in [0.2, 0.25) is 0 Å². The van der Waals surface area contributed by atoms with Crippen molar-refractivity contribution < 1.29 is 27.1 Å². The minimum absolute atomic E-state index is 0.0169. The minimum atomic E-state index is -4.23. The molecule has 1 aromatic rings. The Morgan fingerprint density at radius 1 is 1.28 bits per heavy atom. The Labute approximate surface area is 143 Å². The summed E-state index contributed by atoms with van der Waals surface area (Å²) in [5.41, 5.74) is 2.34. The van der Waals surface area contributed by atoms with Crippen LogP contribution in [0.5, 0.6) is 0 Å². The first-order valence-corrected chi connectivity index (χ1v) is 8.19. The molecule has 2 heterocycles. The van der Waals surface area contributed by atoms with Gasteiger partial charge in [0.25, 0.3) is 0 Å². The van der Waals surface area contributed by atoms with E-state index in [4.69, 9.17) is 0 Å². The van der Waals surface area contributed by atoms with Gasteiger partial charge in [-0.05, 0) is 24.5 Å². The van der Waals surface area contributed by atoms with Crippen LogP contribution in [-0.4, -0.2) is 56.0 Å². The van der Waals surface area contributed by atoms with Gasteiger partial charge in [0, 0.05) is 30.7 Å². The number of fused-ring (bicyclic) bond motifs is 2. The summed E-state index contributed by atoms with van der Waals surface area (Å²) in [6.45, 7) is -0.270. The molecule has 1 aromatic carbocycles. The molecular weight excluding hydrogens is 340 g/mol. The normalized spacial score (nSPS) is 19.2. The number of benzene rings is 1. The highest BCUT2D eigenvalue weighted by molar-refractivity contribution is 5.77. The van der Waals surface area contributed by atoms with Crippen LogP contribution >= 0.6 is 0 Å². The molecule has 0 aliphatic carbocycles. The van der Waals surface area contributed by atoms with Crippen LogP contribution in [0.4, 0.5) is 23.2 Å². The Bertz CT molecular complexity index is 631. The Hall–Kier alpha value is -1.83. The summed E-state index contributed by atoms with van der Waals surface area (Å²) in [5, 5.41) is 3.38. The van der Waals surface area contributed by atoms with E-state index in [0.29, 0.717) is 13.1 Å². The number of nitrogens with zero attached hydrogens (tertiary/aromatic N) is 1. The molecule has 3 rings (SSSR count).